The number of nitrogens with one attached hydrogen (secondary N) is 2. The average molecular weight is 512 g/mol. The molecule has 36 heavy (non-hydrogen) atoms. The minimum absolute atomic E-state index is 0.423. The van der Waals surface area contributed by atoms with Crippen LogP contribution in [0.15, 0.2) is 36.7 Å². The van der Waals surface area contributed by atoms with Crippen LogP contribution in [0, 0.1) is 6.92 Å². The van der Waals surface area contributed by atoms with Crippen molar-refractivity contribution >= 4 is 28.8 Å². The van der Waals surface area contributed by atoms with E-state index in [1.807, 2.05) is 37.3 Å². The summed E-state index contributed by atoms with van der Waals surface area (Å²) < 4.78 is 23.3. The van der Waals surface area contributed by atoms with Crippen molar-refractivity contribution in [3.05, 3.63) is 52.8 Å². The van der Waals surface area contributed by atoms with Crippen LogP contribution in [0.25, 0.3) is 0 Å². The number of aryl methyl sites for hydroxylation is 1. The minimum atomic E-state index is 0.423. The summed E-state index contributed by atoms with van der Waals surface area (Å²) >= 11 is 6.20. The lowest BCUT2D eigenvalue weighted by Crippen LogP contribution is -2.37. The van der Waals surface area contributed by atoms with Gasteiger partial charge in [0.25, 0.3) is 0 Å². The summed E-state index contributed by atoms with van der Waals surface area (Å²) in [5.74, 6) is 2.98. The highest BCUT2D eigenvalue weighted by Gasteiger charge is 2.22. The highest BCUT2D eigenvalue weighted by atomic mass is 35.5. The first kappa shape index (κ1) is 24.4. The van der Waals surface area contributed by atoms with Crippen molar-refractivity contribution in [2.75, 3.05) is 57.2 Å². The number of methoxy groups -OCH3 is 1. The van der Waals surface area contributed by atoms with E-state index >= 15 is 0 Å². The number of hydrogen-bond donors (Lipinski definition) is 2. The van der Waals surface area contributed by atoms with Gasteiger partial charge >= 0.3 is 0 Å². The smallest absolute Gasteiger partial charge is 0.248 e. The molecule has 3 aromatic rings. The molecule has 2 aromatic carbocycles. The van der Waals surface area contributed by atoms with Crippen molar-refractivity contribution in [3.8, 4) is 23.1 Å². The minimum Gasteiger partial charge on any atom is -0.493 e. The third-order valence-electron chi connectivity index (χ3n) is 6.25. The molecule has 2 aliphatic rings. The van der Waals surface area contributed by atoms with Gasteiger partial charge in [0.1, 0.15) is 17.8 Å². The molecule has 0 spiro atoms. The topological polar surface area (TPSA) is 90.0 Å². The SMILES string of the molecule is COc1cc2c(cc1OCCCN1CCOCC1)CNc1c(Nc3cc(Cl)ccc3C)ncnc1O2. The van der Waals surface area contributed by atoms with E-state index in [1.165, 1.54) is 6.33 Å². The number of aromatic nitrogens is 2. The molecule has 1 saturated heterocycles. The Morgan fingerprint density at radius 2 is 2.00 bits per heavy atom. The van der Waals surface area contributed by atoms with E-state index in [0.29, 0.717) is 52.8 Å². The van der Waals surface area contributed by atoms with Crippen molar-refractivity contribution in [1.29, 1.82) is 0 Å². The van der Waals surface area contributed by atoms with Crippen molar-refractivity contribution in [3.63, 3.8) is 0 Å². The van der Waals surface area contributed by atoms with E-state index in [2.05, 4.69) is 25.5 Å². The van der Waals surface area contributed by atoms with Gasteiger partial charge in [-0.2, -0.15) is 4.98 Å². The Morgan fingerprint density at radius 1 is 1.14 bits per heavy atom. The van der Waals surface area contributed by atoms with Crippen LogP contribution in [-0.2, 0) is 11.3 Å². The second-order valence-corrected chi connectivity index (χ2v) is 9.15. The normalized spacial score (nSPS) is 15.1. The third-order valence-corrected chi connectivity index (χ3v) is 6.49. The van der Waals surface area contributed by atoms with Gasteiger partial charge in [0, 0.05) is 48.5 Å². The number of benzene rings is 2. The zero-order valence-corrected chi connectivity index (χ0v) is 21.2. The second kappa shape index (κ2) is 11.2. The van der Waals surface area contributed by atoms with Crippen LogP contribution >= 0.6 is 11.6 Å². The van der Waals surface area contributed by atoms with Gasteiger partial charge < -0.3 is 29.6 Å². The predicted molar refractivity (Wildman–Crippen MR) is 139 cm³/mol. The fourth-order valence-corrected chi connectivity index (χ4v) is 4.40. The average Bonchev–Trinajstić information content (AvgIpc) is 3.08. The number of hydrogen-bond acceptors (Lipinski definition) is 9. The van der Waals surface area contributed by atoms with Gasteiger partial charge in [-0.15, -0.1) is 0 Å². The van der Waals surface area contributed by atoms with Crippen LogP contribution in [-0.4, -0.2) is 61.4 Å². The van der Waals surface area contributed by atoms with Crippen molar-refractivity contribution in [2.24, 2.45) is 0 Å². The van der Waals surface area contributed by atoms with Gasteiger partial charge in [0.15, 0.2) is 17.3 Å². The molecule has 2 aliphatic heterocycles. The van der Waals surface area contributed by atoms with Crippen LogP contribution < -0.4 is 24.8 Å². The van der Waals surface area contributed by atoms with Gasteiger partial charge in [-0.1, -0.05) is 17.7 Å². The summed E-state index contributed by atoms with van der Waals surface area (Å²) in [6.07, 6.45) is 2.39. The molecule has 1 fully saturated rings. The molecular weight excluding hydrogens is 482 g/mol. The van der Waals surface area contributed by atoms with E-state index in [4.69, 9.17) is 30.5 Å². The maximum Gasteiger partial charge on any atom is 0.248 e. The fourth-order valence-electron chi connectivity index (χ4n) is 4.23. The highest BCUT2D eigenvalue weighted by molar-refractivity contribution is 6.30. The molecular formula is C26H30ClN5O4. The number of morpholine rings is 1. The Kier molecular flexibility index (Phi) is 7.60. The first-order valence-corrected chi connectivity index (χ1v) is 12.4. The largest absolute Gasteiger partial charge is 0.493 e. The molecule has 5 rings (SSSR count). The van der Waals surface area contributed by atoms with Gasteiger partial charge in [-0.05, 0) is 37.1 Å². The number of ether oxygens (including phenoxy) is 4. The van der Waals surface area contributed by atoms with Gasteiger partial charge in [0.05, 0.1) is 26.9 Å². The molecule has 0 saturated carbocycles. The molecule has 0 aliphatic carbocycles. The zero-order valence-electron chi connectivity index (χ0n) is 20.5. The molecule has 0 bridgehead atoms. The molecule has 0 atom stereocenters. The number of nitrogens with zero attached hydrogens (tertiary/aromatic N) is 3. The quantitative estimate of drug-likeness (QED) is 0.405. The van der Waals surface area contributed by atoms with E-state index < -0.39 is 0 Å². The monoisotopic (exact) mass is 511 g/mol. The van der Waals surface area contributed by atoms with Crippen LogP contribution in [0.1, 0.15) is 17.5 Å². The van der Waals surface area contributed by atoms with Crippen LogP contribution in [0.5, 0.6) is 23.1 Å². The number of anilines is 3. The van der Waals surface area contributed by atoms with Crippen LogP contribution in [0.4, 0.5) is 17.2 Å². The molecule has 0 radical (unpaired) electrons. The molecule has 3 heterocycles. The number of fused-ring (bicyclic) bond motifs is 2. The standard InChI is InChI=1S/C26H30ClN5O4/c1-17-4-5-19(27)13-20(17)31-25-24-26(30-16-29-25)36-21-14-22(33-2)23(12-18(21)15-28-24)35-9-3-6-32-7-10-34-11-8-32/h4-5,12-14,16,28H,3,6-11,15H2,1-2H3,(H,29,30,31). The summed E-state index contributed by atoms with van der Waals surface area (Å²) in [6, 6.07) is 9.49. The molecule has 0 unspecified atom stereocenters. The fraction of sp³-hybridized carbons (Fsp3) is 0.385. The summed E-state index contributed by atoms with van der Waals surface area (Å²) in [5, 5.41) is 7.41. The van der Waals surface area contributed by atoms with E-state index in [0.717, 1.165) is 56.1 Å². The highest BCUT2D eigenvalue weighted by Crippen LogP contribution is 2.42. The molecule has 10 heteroatoms. The first-order valence-electron chi connectivity index (χ1n) is 12.0. The Bertz CT molecular complexity index is 1220. The van der Waals surface area contributed by atoms with Gasteiger partial charge in [0.2, 0.25) is 5.88 Å². The summed E-state index contributed by atoms with van der Waals surface area (Å²) in [5.41, 5.74) is 3.51. The summed E-state index contributed by atoms with van der Waals surface area (Å²) in [7, 11) is 1.63. The first-order chi connectivity index (χ1) is 17.6. The van der Waals surface area contributed by atoms with Gasteiger partial charge in [-0.25, -0.2) is 4.98 Å². The van der Waals surface area contributed by atoms with Gasteiger partial charge in [-0.3, -0.25) is 4.90 Å². The lowest BCUT2D eigenvalue weighted by Gasteiger charge is -2.26. The number of halogens is 1. The molecule has 190 valence electrons. The van der Waals surface area contributed by atoms with Crippen LogP contribution in [0.2, 0.25) is 5.02 Å². The lowest BCUT2D eigenvalue weighted by molar-refractivity contribution is 0.0357. The van der Waals surface area contributed by atoms with E-state index in [1.54, 1.807) is 7.11 Å². The molecule has 1 aromatic heterocycles. The van der Waals surface area contributed by atoms with Crippen molar-refractivity contribution in [1.82, 2.24) is 14.9 Å². The Morgan fingerprint density at radius 3 is 2.83 bits per heavy atom. The summed E-state index contributed by atoms with van der Waals surface area (Å²) in [4.78, 5) is 11.2. The van der Waals surface area contributed by atoms with Crippen molar-refractivity contribution in [2.45, 2.75) is 19.9 Å². The number of rotatable bonds is 8. The van der Waals surface area contributed by atoms with Crippen LogP contribution in [0.3, 0.4) is 0 Å². The lowest BCUT2D eigenvalue weighted by atomic mass is 10.1. The van der Waals surface area contributed by atoms with E-state index in [-0.39, 0.29) is 0 Å². The Labute approximate surface area is 215 Å². The molecule has 2 N–H and O–H groups in total. The maximum atomic E-state index is 6.20. The zero-order chi connectivity index (χ0) is 24.9. The summed E-state index contributed by atoms with van der Waals surface area (Å²) in [6.45, 7) is 7.64. The Balaban J connectivity index is 1.30. The van der Waals surface area contributed by atoms with E-state index in [9.17, 15) is 0 Å². The second-order valence-electron chi connectivity index (χ2n) is 8.71. The third kappa shape index (κ3) is 5.59. The molecule has 9 nitrogen and oxygen atoms in total. The maximum absolute atomic E-state index is 6.20. The Hall–Kier alpha value is -3.27. The molecule has 0 amide bonds. The van der Waals surface area contributed by atoms with Crippen molar-refractivity contribution < 1.29 is 18.9 Å². The predicted octanol–water partition coefficient (Wildman–Crippen LogP) is 5.01.